The van der Waals surface area contributed by atoms with Crippen LogP contribution in [0.4, 0.5) is 0 Å². The van der Waals surface area contributed by atoms with Crippen LogP contribution in [0, 0.1) is 11.7 Å². The zero-order chi connectivity index (χ0) is 12.9. The van der Waals surface area contributed by atoms with Gasteiger partial charge in [0, 0.05) is 26.1 Å². The largest absolute Gasteiger partial charge is 0.352 e. The van der Waals surface area contributed by atoms with Crippen LogP contribution < -0.4 is 5.32 Å². The van der Waals surface area contributed by atoms with E-state index in [1.54, 1.807) is 0 Å². The summed E-state index contributed by atoms with van der Waals surface area (Å²) in [5.41, 5.74) is 2.90. The van der Waals surface area contributed by atoms with E-state index < -0.39 is 0 Å². The Hall–Kier alpha value is -1.63. The van der Waals surface area contributed by atoms with Crippen LogP contribution in [0.3, 0.4) is 0 Å². The Morgan fingerprint density at radius 3 is 3.00 bits per heavy atom. The lowest BCUT2D eigenvalue weighted by molar-refractivity contribution is -0.119. The number of amides is 1. The van der Waals surface area contributed by atoms with Crippen molar-refractivity contribution < 1.29 is 4.79 Å². The van der Waals surface area contributed by atoms with Gasteiger partial charge in [-0.25, -0.2) is 0 Å². The van der Waals surface area contributed by atoms with Crippen LogP contribution in [0.2, 0.25) is 0 Å². The second-order valence-electron chi connectivity index (χ2n) is 4.75. The molecule has 18 heavy (non-hydrogen) atoms. The lowest BCUT2D eigenvalue weighted by Gasteiger charge is -2.11. The number of aromatic amines is 1. The molecule has 2 N–H and O–H groups in total. The van der Waals surface area contributed by atoms with Crippen molar-refractivity contribution in [1.29, 1.82) is 0 Å². The Balaban J connectivity index is 2.03. The summed E-state index contributed by atoms with van der Waals surface area (Å²) in [7, 11) is 1.90. The van der Waals surface area contributed by atoms with Gasteiger partial charge in [0.25, 0.3) is 0 Å². The van der Waals surface area contributed by atoms with Gasteiger partial charge in [0.15, 0.2) is 10.4 Å². The van der Waals surface area contributed by atoms with E-state index in [1.165, 1.54) is 0 Å². The molecule has 0 radical (unpaired) electrons. The normalized spacial score (nSPS) is 19.7. The minimum atomic E-state index is 0.125. The Bertz CT molecular complexity index is 679. The first-order chi connectivity index (χ1) is 8.56. The van der Waals surface area contributed by atoms with Crippen molar-refractivity contribution in [2.75, 3.05) is 0 Å². The first-order valence-corrected chi connectivity index (χ1v) is 6.38. The highest BCUT2D eigenvalue weighted by atomic mass is 32.1. The fraction of sp³-hybridized carbons (Fsp3) is 0.545. The highest BCUT2D eigenvalue weighted by Crippen LogP contribution is 2.19. The first kappa shape index (κ1) is 11.5. The molecule has 0 spiro atoms. The molecule has 6 nitrogen and oxygen atoms in total. The molecule has 0 bridgehead atoms. The van der Waals surface area contributed by atoms with Crippen LogP contribution >= 0.6 is 12.2 Å². The molecule has 1 atom stereocenters. The molecule has 1 amide bonds. The number of fused-ring (bicyclic) bond motifs is 1. The van der Waals surface area contributed by atoms with Gasteiger partial charge in [-0.2, -0.15) is 5.10 Å². The monoisotopic (exact) mass is 265 g/mol. The van der Waals surface area contributed by atoms with Gasteiger partial charge in [-0.05, 0) is 25.6 Å². The van der Waals surface area contributed by atoms with Gasteiger partial charge in [-0.15, -0.1) is 0 Å². The fourth-order valence-corrected chi connectivity index (χ4v) is 2.84. The van der Waals surface area contributed by atoms with Gasteiger partial charge in [0.2, 0.25) is 5.91 Å². The fourth-order valence-electron chi connectivity index (χ4n) is 2.58. The Morgan fingerprint density at radius 1 is 1.56 bits per heavy atom. The predicted molar refractivity (Wildman–Crippen MR) is 69.8 cm³/mol. The number of aryl methyl sites for hydroxylation is 2. The predicted octanol–water partition coefficient (Wildman–Crippen LogP) is 1.02. The summed E-state index contributed by atoms with van der Waals surface area (Å²) in [6, 6.07) is 0.165. The van der Waals surface area contributed by atoms with Crippen LogP contribution in [0.1, 0.15) is 18.5 Å². The SMILES string of the molecule is Cc1nn(C)c2c1[nH]c(=S)n2CC1CCC(=O)N1. The number of imidazole rings is 1. The third-order valence-corrected chi connectivity index (χ3v) is 3.74. The molecular weight excluding hydrogens is 250 g/mol. The average Bonchev–Trinajstić information content (AvgIpc) is 2.91. The third kappa shape index (κ3) is 1.66. The number of carbonyl (C=O) groups excluding carboxylic acids is 1. The van der Waals surface area contributed by atoms with Gasteiger partial charge in [0.1, 0.15) is 5.52 Å². The molecule has 1 aliphatic rings. The number of nitrogens with one attached hydrogen (secondary N) is 2. The van der Waals surface area contributed by atoms with E-state index in [4.69, 9.17) is 12.2 Å². The molecule has 1 fully saturated rings. The van der Waals surface area contributed by atoms with E-state index >= 15 is 0 Å². The lowest BCUT2D eigenvalue weighted by atomic mass is 10.2. The average molecular weight is 265 g/mol. The number of H-pyrrole nitrogens is 1. The molecular formula is C11H15N5OS. The zero-order valence-corrected chi connectivity index (χ0v) is 11.2. The highest BCUT2D eigenvalue weighted by molar-refractivity contribution is 7.71. The molecule has 0 aromatic carbocycles. The van der Waals surface area contributed by atoms with Crippen molar-refractivity contribution in [2.24, 2.45) is 7.05 Å². The molecule has 1 unspecified atom stereocenters. The second-order valence-corrected chi connectivity index (χ2v) is 5.14. The van der Waals surface area contributed by atoms with Crippen molar-refractivity contribution in [3.8, 4) is 0 Å². The third-order valence-electron chi connectivity index (χ3n) is 3.41. The van der Waals surface area contributed by atoms with Gasteiger partial charge in [0.05, 0.1) is 5.69 Å². The second kappa shape index (κ2) is 3.94. The van der Waals surface area contributed by atoms with Crippen LogP contribution in [-0.4, -0.2) is 31.3 Å². The highest BCUT2D eigenvalue weighted by Gasteiger charge is 2.23. The van der Waals surface area contributed by atoms with E-state index in [-0.39, 0.29) is 11.9 Å². The quantitative estimate of drug-likeness (QED) is 0.797. The van der Waals surface area contributed by atoms with Crippen LogP contribution in [0.15, 0.2) is 0 Å². The Labute approximate surface area is 109 Å². The smallest absolute Gasteiger partial charge is 0.220 e. The Morgan fingerprint density at radius 2 is 2.33 bits per heavy atom. The number of nitrogens with zero attached hydrogens (tertiary/aromatic N) is 3. The van der Waals surface area contributed by atoms with E-state index in [2.05, 4.69) is 15.4 Å². The summed E-state index contributed by atoms with van der Waals surface area (Å²) in [6.07, 6.45) is 1.47. The first-order valence-electron chi connectivity index (χ1n) is 5.97. The van der Waals surface area contributed by atoms with E-state index in [1.807, 2.05) is 23.2 Å². The molecule has 0 aliphatic carbocycles. The molecule has 1 aliphatic heterocycles. The van der Waals surface area contributed by atoms with Gasteiger partial charge >= 0.3 is 0 Å². The molecule has 2 aromatic rings. The van der Waals surface area contributed by atoms with Gasteiger partial charge < -0.3 is 10.3 Å². The maximum atomic E-state index is 11.2. The minimum Gasteiger partial charge on any atom is -0.352 e. The van der Waals surface area contributed by atoms with E-state index in [0.717, 1.165) is 23.3 Å². The van der Waals surface area contributed by atoms with Crippen LogP contribution in [-0.2, 0) is 18.4 Å². The number of carbonyl (C=O) groups is 1. The summed E-state index contributed by atoms with van der Waals surface area (Å²) in [5, 5.41) is 7.33. The Kier molecular flexibility index (Phi) is 2.51. The number of rotatable bonds is 2. The molecule has 7 heteroatoms. The summed E-state index contributed by atoms with van der Waals surface area (Å²) >= 11 is 5.34. The molecule has 3 rings (SSSR count). The maximum absolute atomic E-state index is 11.2. The topological polar surface area (TPSA) is 67.6 Å². The van der Waals surface area contributed by atoms with Crippen molar-refractivity contribution in [1.82, 2.24) is 24.6 Å². The molecule has 2 aromatic heterocycles. The summed E-state index contributed by atoms with van der Waals surface area (Å²) < 4.78 is 4.52. The molecule has 3 heterocycles. The summed E-state index contributed by atoms with van der Waals surface area (Å²) in [4.78, 5) is 14.4. The van der Waals surface area contributed by atoms with Gasteiger partial charge in [-0.1, -0.05) is 0 Å². The van der Waals surface area contributed by atoms with Crippen molar-refractivity contribution in [3.05, 3.63) is 10.5 Å². The summed E-state index contributed by atoms with van der Waals surface area (Å²) in [6.45, 7) is 2.65. The standard InChI is InChI=1S/C11H15N5OS/c1-6-9-10(15(2)14-6)16(11(18)13-9)5-7-3-4-8(17)12-7/h7H,3-5H2,1-2H3,(H,12,17)(H,13,18). The van der Waals surface area contributed by atoms with Crippen molar-refractivity contribution in [2.45, 2.75) is 32.4 Å². The van der Waals surface area contributed by atoms with E-state index in [0.29, 0.717) is 17.7 Å². The van der Waals surface area contributed by atoms with Crippen molar-refractivity contribution >= 4 is 29.3 Å². The minimum absolute atomic E-state index is 0.125. The van der Waals surface area contributed by atoms with Crippen LogP contribution in [0.5, 0.6) is 0 Å². The lowest BCUT2D eigenvalue weighted by Crippen LogP contribution is -2.29. The number of hydrogen-bond acceptors (Lipinski definition) is 3. The zero-order valence-electron chi connectivity index (χ0n) is 10.4. The molecule has 1 saturated heterocycles. The molecule has 0 saturated carbocycles. The maximum Gasteiger partial charge on any atom is 0.220 e. The van der Waals surface area contributed by atoms with Gasteiger partial charge in [-0.3, -0.25) is 14.0 Å². The summed E-state index contributed by atoms with van der Waals surface area (Å²) in [5.74, 6) is 0.125. The van der Waals surface area contributed by atoms with E-state index in [9.17, 15) is 4.79 Å². The number of aromatic nitrogens is 4. The number of hydrogen-bond donors (Lipinski definition) is 2. The van der Waals surface area contributed by atoms with Crippen LogP contribution in [0.25, 0.3) is 11.2 Å². The molecule has 96 valence electrons. The van der Waals surface area contributed by atoms with Crippen molar-refractivity contribution in [3.63, 3.8) is 0 Å².